The Balaban J connectivity index is 2.07. The summed E-state index contributed by atoms with van der Waals surface area (Å²) in [5.74, 6) is 0.664. The highest BCUT2D eigenvalue weighted by Gasteiger charge is 2.22. The summed E-state index contributed by atoms with van der Waals surface area (Å²) < 4.78 is 1.26. The average molecular weight is 291 g/mol. The Morgan fingerprint density at radius 1 is 1.20 bits per heavy atom. The van der Waals surface area contributed by atoms with E-state index < -0.39 is 5.69 Å². The first-order valence-electron chi connectivity index (χ1n) is 6.75. The Bertz CT molecular complexity index is 730. The Kier molecular flexibility index (Phi) is 3.49. The van der Waals surface area contributed by atoms with Gasteiger partial charge in [0.2, 0.25) is 0 Å². The fourth-order valence-corrected chi connectivity index (χ4v) is 2.59. The van der Waals surface area contributed by atoms with Gasteiger partial charge in [-0.15, -0.1) is 0 Å². The van der Waals surface area contributed by atoms with Crippen molar-refractivity contribution in [3.05, 3.63) is 56.3 Å². The van der Waals surface area contributed by atoms with Crippen LogP contribution in [0.2, 0.25) is 5.15 Å². The molecule has 0 saturated heterocycles. The number of halogens is 1. The third kappa shape index (κ3) is 2.56. The molecule has 0 radical (unpaired) electrons. The van der Waals surface area contributed by atoms with E-state index in [0.717, 1.165) is 12.0 Å². The summed E-state index contributed by atoms with van der Waals surface area (Å²) in [4.78, 5) is 27.0. The summed E-state index contributed by atoms with van der Waals surface area (Å²) in [6, 6.07) is 9.17. The maximum atomic E-state index is 12.5. The molecule has 3 rings (SSSR count). The minimum Gasteiger partial charge on any atom is -0.297 e. The van der Waals surface area contributed by atoms with Crippen LogP contribution in [0.15, 0.2) is 39.9 Å². The van der Waals surface area contributed by atoms with Crippen molar-refractivity contribution < 1.29 is 0 Å². The molecule has 1 fully saturated rings. The van der Waals surface area contributed by atoms with E-state index in [2.05, 4.69) is 4.98 Å². The molecule has 1 aliphatic rings. The number of rotatable bonds is 4. The predicted molar refractivity (Wildman–Crippen MR) is 79.1 cm³/mol. The second-order valence-corrected chi connectivity index (χ2v) is 5.55. The molecule has 0 bridgehead atoms. The lowest BCUT2D eigenvalue weighted by Crippen LogP contribution is -2.36. The van der Waals surface area contributed by atoms with Gasteiger partial charge in [0.25, 0.3) is 5.56 Å². The summed E-state index contributed by atoms with van der Waals surface area (Å²) in [6.45, 7) is 0.454. The fourth-order valence-electron chi connectivity index (χ4n) is 2.32. The number of H-pyrrole nitrogens is 1. The Hall–Kier alpha value is -1.81. The van der Waals surface area contributed by atoms with Crippen LogP contribution in [0.4, 0.5) is 0 Å². The fraction of sp³-hybridized carbons (Fsp3) is 0.333. The molecule has 1 heterocycles. The number of aromatic amines is 1. The number of hydrogen-bond acceptors (Lipinski definition) is 2. The van der Waals surface area contributed by atoms with Gasteiger partial charge in [-0.05, 0) is 17.9 Å². The normalized spacial score (nSPS) is 14.4. The summed E-state index contributed by atoms with van der Waals surface area (Å²) in [5.41, 5.74) is 0.340. The summed E-state index contributed by atoms with van der Waals surface area (Å²) in [6.07, 6.45) is 3.27. The van der Waals surface area contributed by atoms with Crippen molar-refractivity contribution in [2.45, 2.75) is 25.8 Å². The van der Waals surface area contributed by atoms with Gasteiger partial charge in [0.1, 0.15) is 5.15 Å². The number of nitrogens with zero attached hydrogens (tertiary/aromatic N) is 1. The van der Waals surface area contributed by atoms with Crippen LogP contribution in [0, 0.1) is 5.92 Å². The third-order valence-electron chi connectivity index (χ3n) is 3.66. The minimum atomic E-state index is -0.430. The molecule has 5 heteroatoms. The molecule has 1 aromatic carbocycles. The zero-order valence-corrected chi connectivity index (χ0v) is 11.7. The van der Waals surface area contributed by atoms with E-state index in [1.165, 1.54) is 17.4 Å². The highest BCUT2D eigenvalue weighted by atomic mass is 35.5. The monoisotopic (exact) mass is 290 g/mol. The maximum absolute atomic E-state index is 12.5. The smallest absolute Gasteiger partial charge is 0.297 e. The molecular formula is C15H15ClN2O2. The molecule has 1 N–H and O–H groups in total. The lowest BCUT2D eigenvalue weighted by molar-refractivity contribution is 0.558. The number of hydrogen-bond donors (Lipinski definition) is 1. The first-order valence-corrected chi connectivity index (χ1v) is 7.12. The van der Waals surface area contributed by atoms with Crippen molar-refractivity contribution in [3.63, 3.8) is 0 Å². The van der Waals surface area contributed by atoms with Gasteiger partial charge in [-0.2, -0.15) is 0 Å². The van der Waals surface area contributed by atoms with E-state index in [1.54, 1.807) is 0 Å². The Labute approximate surface area is 121 Å². The lowest BCUT2D eigenvalue weighted by atomic mass is 10.1. The van der Waals surface area contributed by atoms with Gasteiger partial charge in [0, 0.05) is 6.54 Å². The Morgan fingerprint density at radius 2 is 1.90 bits per heavy atom. The zero-order valence-electron chi connectivity index (χ0n) is 10.9. The SMILES string of the molecule is O=c1[nH]c(Cl)c(-c2ccccc2)c(=O)n1CCC1CC1. The van der Waals surface area contributed by atoms with E-state index >= 15 is 0 Å². The van der Waals surface area contributed by atoms with Crippen molar-refractivity contribution in [2.75, 3.05) is 0 Å². The van der Waals surface area contributed by atoms with Crippen LogP contribution in [-0.2, 0) is 6.54 Å². The van der Waals surface area contributed by atoms with Crippen molar-refractivity contribution in [3.8, 4) is 11.1 Å². The average Bonchev–Trinajstić information content (AvgIpc) is 3.23. The highest BCUT2D eigenvalue weighted by Crippen LogP contribution is 2.32. The quantitative estimate of drug-likeness (QED) is 0.880. The zero-order chi connectivity index (χ0) is 14.1. The summed E-state index contributed by atoms with van der Waals surface area (Å²) >= 11 is 6.05. The molecule has 0 spiro atoms. The number of benzene rings is 1. The molecule has 0 amide bonds. The molecule has 0 atom stereocenters. The molecule has 1 saturated carbocycles. The molecule has 0 aliphatic heterocycles. The lowest BCUT2D eigenvalue weighted by Gasteiger charge is -2.09. The summed E-state index contributed by atoms with van der Waals surface area (Å²) in [5, 5.41) is 0.105. The van der Waals surface area contributed by atoms with E-state index in [-0.39, 0.29) is 10.7 Å². The number of nitrogens with one attached hydrogen (secondary N) is 1. The molecule has 1 aromatic heterocycles. The summed E-state index contributed by atoms with van der Waals surface area (Å²) in [7, 11) is 0. The van der Waals surface area contributed by atoms with Gasteiger partial charge in [0.15, 0.2) is 0 Å². The molecule has 2 aromatic rings. The van der Waals surface area contributed by atoms with E-state index in [9.17, 15) is 9.59 Å². The second kappa shape index (κ2) is 5.29. The van der Waals surface area contributed by atoms with Crippen LogP contribution in [0.3, 0.4) is 0 Å². The van der Waals surface area contributed by atoms with E-state index in [0.29, 0.717) is 18.0 Å². The van der Waals surface area contributed by atoms with Crippen LogP contribution in [0.1, 0.15) is 19.3 Å². The van der Waals surface area contributed by atoms with Gasteiger partial charge >= 0.3 is 5.69 Å². The van der Waals surface area contributed by atoms with E-state index in [4.69, 9.17) is 11.6 Å². The van der Waals surface area contributed by atoms with Gasteiger partial charge in [-0.3, -0.25) is 14.3 Å². The first-order chi connectivity index (χ1) is 9.66. The molecule has 20 heavy (non-hydrogen) atoms. The highest BCUT2D eigenvalue weighted by molar-refractivity contribution is 6.32. The van der Waals surface area contributed by atoms with Crippen LogP contribution >= 0.6 is 11.6 Å². The molecular weight excluding hydrogens is 276 g/mol. The largest absolute Gasteiger partial charge is 0.329 e. The minimum absolute atomic E-state index is 0.105. The van der Waals surface area contributed by atoms with Crippen LogP contribution in [-0.4, -0.2) is 9.55 Å². The van der Waals surface area contributed by atoms with Crippen molar-refractivity contribution in [1.29, 1.82) is 0 Å². The number of aromatic nitrogens is 2. The van der Waals surface area contributed by atoms with Crippen LogP contribution in [0.5, 0.6) is 0 Å². The molecule has 104 valence electrons. The predicted octanol–water partition coefficient (Wildman–Crippen LogP) is 2.66. The van der Waals surface area contributed by atoms with Gasteiger partial charge in [-0.25, -0.2) is 4.79 Å². The molecule has 1 aliphatic carbocycles. The van der Waals surface area contributed by atoms with Gasteiger partial charge in [-0.1, -0.05) is 54.8 Å². The first kappa shape index (κ1) is 13.2. The van der Waals surface area contributed by atoms with Gasteiger partial charge in [0.05, 0.1) is 5.56 Å². The second-order valence-electron chi connectivity index (χ2n) is 5.17. The van der Waals surface area contributed by atoms with E-state index in [1.807, 2.05) is 30.3 Å². The van der Waals surface area contributed by atoms with Crippen molar-refractivity contribution in [2.24, 2.45) is 5.92 Å². The van der Waals surface area contributed by atoms with Crippen molar-refractivity contribution >= 4 is 11.6 Å². The van der Waals surface area contributed by atoms with Crippen molar-refractivity contribution in [1.82, 2.24) is 9.55 Å². The van der Waals surface area contributed by atoms with Gasteiger partial charge < -0.3 is 0 Å². The van der Waals surface area contributed by atoms with Crippen LogP contribution < -0.4 is 11.2 Å². The third-order valence-corrected chi connectivity index (χ3v) is 3.94. The molecule has 0 unspecified atom stereocenters. The van der Waals surface area contributed by atoms with Crippen LogP contribution in [0.25, 0.3) is 11.1 Å². The topological polar surface area (TPSA) is 54.9 Å². The standard InChI is InChI=1S/C15H15ClN2O2/c16-13-12(11-4-2-1-3-5-11)14(19)18(15(20)17-13)9-8-10-6-7-10/h1-5,10H,6-9H2,(H,17,20). The molecule has 4 nitrogen and oxygen atoms in total. The Morgan fingerprint density at radius 3 is 2.55 bits per heavy atom. The maximum Gasteiger partial charge on any atom is 0.329 e.